The SMILES string of the molecule is CNCCC(=O)N1CCN(C(C)(C)C(N)=O)CC1. The zero-order valence-corrected chi connectivity index (χ0v) is 11.5. The zero-order chi connectivity index (χ0) is 13.8. The molecule has 1 fully saturated rings. The number of carbonyl (C=O) groups is 2. The van der Waals surface area contributed by atoms with Crippen molar-refractivity contribution in [3.8, 4) is 0 Å². The molecular formula is C12H24N4O2. The topological polar surface area (TPSA) is 78.7 Å². The molecular weight excluding hydrogens is 232 g/mol. The van der Waals surface area contributed by atoms with Crippen LogP contribution in [0.25, 0.3) is 0 Å². The summed E-state index contributed by atoms with van der Waals surface area (Å²) in [7, 11) is 1.83. The van der Waals surface area contributed by atoms with Crippen molar-refractivity contribution < 1.29 is 9.59 Å². The fourth-order valence-corrected chi connectivity index (χ4v) is 2.06. The van der Waals surface area contributed by atoms with E-state index >= 15 is 0 Å². The third-order valence-corrected chi connectivity index (χ3v) is 3.61. The number of carbonyl (C=O) groups excluding carboxylic acids is 2. The second kappa shape index (κ2) is 6.15. The van der Waals surface area contributed by atoms with Gasteiger partial charge in [-0.25, -0.2) is 0 Å². The number of rotatable bonds is 5. The molecule has 0 aliphatic carbocycles. The van der Waals surface area contributed by atoms with E-state index in [0.717, 1.165) is 0 Å². The Morgan fingerprint density at radius 2 is 1.78 bits per heavy atom. The van der Waals surface area contributed by atoms with Crippen LogP contribution in [-0.4, -0.2) is 66.9 Å². The van der Waals surface area contributed by atoms with Crippen LogP contribution in [0.4, 0.5) is 0 Å². The lowest BCUT2D eigenvalue weighted by molar-refractivity contribution is -0.136. The van der Waals surface area contributed by atoms with E-state index in [2.05, 4.69) is 5.32 Å². The Morgan fingerprint density at radius 1 is 1.22 bits per heavy atom. The largest absolute Gasteiger partial charge is 0.368 e. The van der Waals surface area contributed by atoms with E-state index in [1.54, 1.807) is 0 Å². The highest BCUT2D eigenvalue weighted by molar-refractivity contribution is 5.83. The van der Waals surface area contributed by atoms with Gasteiger partial charge < -0.3 is 16.0 Å². The first-order valence-corrected chi connectivity index (χ1v) is 6.37. The second-order valence-electron chi connectivity index (χ2n) is 5.14. The summed E-state index contributed by atoms with van der Waals surface area (Å²) in [6.45, 7) is 7.08. The van der Waals surface area contributed by atoms with E-state index in [0.29, 0.717) is 39.1 Å². The molecule has 1 rings (SSSR count). The van der Waals surface area contributed by atoms with Crippen molar-refractivity contribution in [3.63, 3.8) is 0 Å². The lowest BCUT2D eigenvalue weighted by Gasteiger charge is -2.42. The summed E-state index contributed by atoms with van der Waals surface area (Å²) in [5.74, 6) is -0.154. The van der Waals surface area contributed by atoms with Gasteiger partial charge in [-0.05, 0) is 20.9 Å². The van der Waals surface area contributed by atoms with Crippen LogP contribution in [0.2, 0.25) is 0 Å². The number of hydrogen-bond donors (Lipinski definition) is 2. The molecule has 0 radical (unpaired) electrons. The molecule has 104 valence electrons. The average molecular weight is 256 g/mol. The first-order valence-electron chi connectivity index (χ1n) is 6.37. The number of primary amides is 1. The van der Waals surface area contributed by atoms with Crippen molar-refractivity contribution in [3.05, 3.63) is 0 Å². The van der Waals surface area contributed by atoms with Crippen molar-refractivity contribution in [1.29, 1.82) is 0 Å². The van der Waals surface area contributed by atoms with Crippen molar-refractivity contribution in [1.82, 2.24) is 15.1 Å². The Bertz CT molecular complexity index is 309. The summed E-state index contributed by atoms with van der Waals surface area (Å²) in [5.41, 5.74) is 4.75. The minimum absolute atomic E-state index is 0.167. The highest BCUT2D eigenvalue weighted by atomic mass is 16.2. The number of amides is 2. The van der Waals surface area contributed by atoms with Crippen LogP contribution in [0.1, 0.15) is 20.3 Å². The molecule has 6 nitrogen and oxygen atoms in total. The van der Waals surface area contributed by atoms with Gasteiger partial charge in [0.2, 0.25) is 11.8 Å². The molecule has 1 saturated heterocycles. The fraction of sp³-hybridized carbons (Fsp3) is 0.833. The summed E-state index contributed by atoms with van der Waals surface area (Å²) in [6.07, 6.45) is 0.524. The molecule has 0 aromatic carbocycles. The Morgan fingerprint density at radius 3 is 2.22 bits per heavy atom. The summed E-state index contributed by atoms with van der Waals surface area (Å²) < 4.78 is 0. The van der Waals surface area contributed by atoms with Gasteiger partial charge in [0.15, 0.2) is 0 Å². The normalized spacial score (nSPS) is 17.8. The first-order chi connectivity index (χ1) is 8.39. The summed E-state index contributed by atoms with van der Waals surface area (Å²) in [5, 5.41) is 2.97. The van der Waals surface area contributed by atoms with Gasteiger partial charge >= 0.3 is 0 Å². The molecule has 0 unspecified atom stereocenters. The lowest BCUT2D eigenvalue weighted by atomic mass is 10.0. The summed E-state index contributed by atoms with van der Waals surface area (Å²) in [4.78, 5) is 27.1. The molecule has 6 heteroatoms. The maximum absolute atomic E-state index is 11.8. The summed E-state index contributed by atoms with van der Waals surface area (Å²) in [6, 6.07) is 0. The number of nitrogens with one attached hydrogen (secondary N) is 1. The van der Waals surface area contributed by atoms with Crippen LogP contribution < -0.4 is 11.1 Å². The van der Waals surface area contributed by atoms with Gasteiger partial charge in [-0.1, -0.05) is 0 Å². The highest BCUT2D eigenvalue weighted by Gasteiger charge is 2.35. The maximum atomic E-state index is 11.8. The van der Waals surface area contributed by atoms with E-state index in [4.69, 9.17) is 5.73 Å². The van der Waals surface area contributed by atoms with Crippen molar-refractivity contribution in [2.24, 2.45) is 5.73 Å². The quantitative estimate of drug-likeness (QED) is 0.661. The van der Waals surface area contributed by atoms with Crippen molar-refractivity contribution in [2.45, 2.75) is 25.8 Å². The number of nitrogens with two attached hydrogens (primary N) is 1. The van der Waals surface area contributed by atoms with Crippen LogP contribution >= 0.6 is 0 Å². The number of hydrogen-bond acceptors (Lipinski definition) is 4. The van der Waals surface area contributed by atoms with Gasteiger partial charge in [-0.15, -0.1) is 0 Å². The van der Waals surface area contributed by atoms with Crippen LogP contribution in [0.5, 0.6) is 0 Å². The Balaban J connectivity index is 2.46. The van der Waals surface area contributed by atoms with Gasteiger partial charge in [-0.3, -0.25) is 14.5 Å². The predicted molar refractivity (Wildman–Crippen MR) is 70.0 cm³/mol. The Hall–Kier alpha value is -1.14. The predicted octanol–water partition coefficient (Wildman–Crippen LogP) is -0.996. The lowest BCUT2D eigenvalue weighted by Crippen LogP contribution is -2.60. The van der Waals surface area contributed by atoms with E-state index in [1.165, 1.54) is 0 Å². The molecule has 2 amide bonds. The summed E-state index contributed by atoms with van der Waals surface area (Å²) >= 11 is 0. The van der Waals surface area contributed by atoms with E-state index in [-0.39, 0.29) is 11.8 Å². The maximum Gasteiger partial charge on any atom is 0.237 e. The number of nitrogens with zero attached hydrogens (tertiary/aromatic N) is 2. The fourth-order valence-electron chi connectivity index (χ4n) is 2.06. The second-order valence-corrected chi connectivity index (χ2v) is 5.14. The van der Waals surface area contributed by atoms with Crippen LogP contribution in [-0.2, 0) is 9.59 Å². The molecule has 0 atom stereocenters. The molecule has 1 aliphatic heterocycles. The molecule has 3 N–H and O–H groups in total. The van der Waals surface area contributed by atoms with Crippen molar-refractivity contribution >= 4 is 11.8 Å². The molecule has 1 heterocycles. The third kappa shape index (κ3) is 3.43. The van der Waals surface area contributed by atoms with Gasteiger partial charge in [0.1, 0.15) is 0 Å². The molecule has 1 aliphatic rings. The Kier molecular flexibility index (Phi) is 5.10. The smallest absolute Gasteiger partial charge is 0.237 e. The van der Waals surface area contributed by atoms with Crippen LogP contribution in [0.15, 0.2) is 0 Å². The molecule has 0 bridgehead atoms. The van der Waals surface area contributed by atoms with Gasteiger partial charge in [0.05, 0.1) is 5.54 Å². The molecule has 0 aromatic heterocycles. The van der Waals surface area contributed by atoms with Crippen molar-refractivity contribution in [2.75, 3.05) is 39.8 Å². The third-order valence-electron chi connectivity index (χ3n) is 3.61. The van der Waals surface area contributed by atoms with Gasteiger partial charge in [0, 0.05) is 39.1 Å². The molecule has 0 aromatic rings. The van der Waals surface area contributed by atoms with E-state index < -0.39 is 5.54 Å². The molecule has 18 heavy (non-hydrogen) atoms. The van der Waals surface area contributed by atoms with E-state index in [9.17, 15) is 9.59 Å². The molecule has 0 spiro atoms. The van der Waals surface area contributed by atoms with E-state index in [1.807, 2.05) is 30.7 Å². The first kappa shape index (κ1) is 14.9. The van der Waals surface area contributed by atoms with Gasteiger partial charge in [-0.2, -0.15) is 0 Å². The van der Waals surface area contributed by atoms with Crippen LogP contribution in [0.3, 0.4) is 0 Å². The van der Waals surface area contributed by atoms with Crippen LogP contribution in [0, 0.1) is 0 Å². The monoisotopic (exact) mass is 256 g/mol. The zero-order valence-electron chi connectivity index (χ0n) is 11.5. The standard InChI is InChI=1S/C12H24N4O2/c1-12(2,11(13)18)16-8-6-15(7-9-16)10(17)4-5-14-3/h14H,4-9H2,1-3H3,(H2,13,18). The minimum Gasteiger partial charge on any atom is -0.368 e. The average Bonchev–Trinajstić information content (AvgIpc) is 2.35. The minimum atomic E-state index is -0.639. The highest BCUT2D eigenvalue weighted by Crippen LogP contribution is 2.16. The van der Waals surface area contributed by atoms with Gasteiger partial charge in [0.25, 0.3) is 0 Å². The number of piperazine rings is 1. The molecule has 0 saturated carbocycles. The Labute approximate surface area is 108 Å².